The molecule has 148 valence electrons. The lowest BCUT2D eigenvalue weighted by atomic mass is 10.1. The lowest BCUT2D eigenvalue weighted by Gasteiger charge is -2.17. The fourth-order valence-electron chi connectivity index (χ4n) is 2.57. The fraction of sp³-hybridized carbons (Fsp3) is 0.733. The molecule has 0 radical (unpaired) electrons. The molecule has 0 bridgehead atoms. The molecular weight excluding hydrogens is 348 g/mol. The minimum atomic E-state index is -0.894. The van der Waals surface area contributed by atoms with Crippen molar-refractivity contribution in [3.63, 3.8) is 0 Å². The summed E-state index contributed by atoms with van der Waals surface area (Å²) in [6.45, 7) is 1.20. The Labute approximate surface area is 150 Å². The predicted octanol–water partition coefficient (Wildman–Crippen LogP) is -1.94. The molecule has 0 saturated carbocycles. The maximum Gasteiger partial charge on any atom is 0.239 e. The number of ether oxygens (including phenoxy) is 3. The van der Waals surface area contributed by atoms with Gasteiger partial charge in [-0.2, -0.15) is 4.98 Å². The van der Waals surface area contributed by atoms with Crippen LogP contribution in [0.2, 0.25) is 0 Å². The van der Waals surface area contributed by atoms with Crippen molar-refractivity contribution in [2.24, 2.45) is 11.5 Å². The van der Waals surface area contributed by atoms with Crippen LogP contribution in [0.15, 0.2) is 0 Å². The molecule has 0 amide bonds. The van der Waals surface area contributed by atoms with Gasteiger partial charge in [0, 0.05) is 13.0 Å². The number of aliphatic hydroxyl groups excluding tert-OH is 2. The topological polar surface area (TPSA) is 186 Å². The molecule has 26 heavy (non-hydrogen) atoms. The molecular formula is C15H26N4O7. The quantitative estimate of drug-likeness (QED) is 0.250. The number of nitrogens with zero attached hydrogens (tertiary/aromatic N) is 2. The second-order valence-corrected chi connectivity index (χ2v) is 5.87. The van der Waals surface area contributed by atoms with Crippen LogP contribution in [0, 0.1) is 0 Å². The van der Waals surface area contributed by atoms with Gasteiger partial charge in [0.25, 0.3) is 0 Å². The number of hydrogen-bond donors (Lipinski definition) is 6. The van der Waals surface area contributed by atoms with Crippen LogP contribution in [-0.2, 0) is 14.2 Å². The Morgan fingerprint density at radius 3 is 2.54 bits per heavy atom. The zero-order chi connectivity index (χ0) is 19.1. The second-order valence-electron chi connectivity index (χ2n) is 5.87. The van der Waals surface area contributed by atoms with E-state index in [1.54, 1.807) is 0 Å². The number of nitrogens with two attached hydrogens (primary N) is 2. The van der Waals surface area contributed by atoms with Gasteiger partial charge in [0.1, 0.15) is 23.6 Å². The maximum absolute atomic E-state index is 9.94. The van der Waals surface area contributed by atoms with Crippen molar-refractivity contribution in [1.29, 1.82) is 0 Å². The number of aromatic nitrogens is 2. The van der Waals surface area contributed by atoms with Crippen LogP contribution in [-0.4, -0.2) is 82.2 Å². The highest BCUT2D eigenvalue weighted by atomic mass is 16.5. The van der Waals surface area contributed by atoms with Crippen LogP contribution in [0.25, 0.3) is 0 Å². The summed E-state index contributed by atoms with van der Waals surface area (Å²) in [5, 5.41) is 38.8. The average molecular weight is 374 g/mol. The van der Waals surface area contributed by atoms with Crippen LogP contribution in [0.5, 0.6) is 11.8 Å². The van der Waals surface area contributed by atoms with Gasteiger partial charge >= 0.3 is 0 Å². The Bertz CT molecular complexity index is 577. The standard InChI is InChI=1S/C15H26N4O7/c16-1-2-24-3-4-25-7-8(17)12-14(22)19-15(23)13(18-12)10-5-9(21)11(6-20)26-10/h8-11,20-21H,1-7,16-17H2,(H2,19,22,23). The first-order valence-electron chi connectivity index (χ1n) is 8.33. The van der Waals surface area contributed by atoms with E-state index in [0.29, 0.717) is 26.4 Å². The molecule has 1 aromatic rings. The number of aliphatic hydroxyl groups is 2. The van der Waals surface area contributed by atoms with Crippen molar-refractivity contribution in [2.45, 2.75) is 30.8 Å². The van der Waals surface area contributed by atoms with Crippen LogP contribution >= 0.6 is 0 Å². The summed E-state index contributed by atoms with van der Waals surface area (Å²) in [6.07, 6.45) is -2.31. The van der Waals surface area contributed by atoms with E-state index in [2.05, 4.69) is 9.97 Å². The van der Waals surface area contributed by atoms with Crippen molar-refractivity contribution >= 4 is 0 Å². The molecule has 4 atom stereocenters. The van der Waals surface area contributed by atoms with Gasteiger partial charge in [0.2, 0.25) is 11.8 Å². The van der Waals surface area contributed by atoms with Gasteiger partial charge in [-0.1, -0.05) is 0 Å². The molecule has 1 saturated heterocycles. The first-order valence-corrected chi connectivity index (χ1v) is 8.33. The normalized spacial score (nSPS) is 24.1. The van der Waals surface area contributed by atoms with Crippen molar-refractivity contribution in [3.05, 3.63) is 11.4 Å². The van der Waals surface area contributed by atoms with Crippen molar-refractivity contribution < 1.29 is 34.6 Å². The van der Waals surface area contributed by atoms with Crippen molar-refractivity contribution in [2.75, 3.05) is 39.6 Å². The van der Waals surface area contributed by atoms with E-state index in [-0.39, 0.29) is 31.0 Å². The predicted molar refractivity (Wildman–Crippen MR) is 88.3 cm³/mol. The molecule has 11 nitrogen and oxygen atoms in total. The molecule has 0 aromatic carbocycles. The minimum Gasteiger partial charge on any atom is -0.492 e. The van der Waals surface area contributed by atoms with E-state index in [1.165, 1.54) is 0 Å². The van der Waals surface area contributed by atoms with Gasteiger partial charge in [0.05, 0.1) is 45.2 Å². The summed E-state index contributed by atoms with van der Waals surface area (Å²) in [7, 11) is 0. The van der Waals surface area contributed by atoms with Crippen LogP contribution < -0.4 is 11.5 Å². The third-order valence-electron chi connectivity index (χ3n) is 3.90. The smallest absolute Gasteiger partial charge is 0.239 e. The van der Waals surface area contributed by atoms with Gasteiger partial charge in [-0.25, -0.2) is 4.98 Å². The zero-order valence-corrected chi connectivity index (χ0v) is 14.3. The molecule has 0 spiro atoms. The number of hydrogen-bond acceptors (Lipinski definition) is 11. The summed E-state index contributed by atoms with van der Waals surface area (Å²) in [6, 6.07) is -0.795. The highest BCUT2D eigenvalue weighted by Crippen LogP contribution is 2.37. The summed E-state index contributed by atoms with van der Waals surface area (Å²) in [4.78, 5) is 7.79. The second kappa shape index (κ2) is 9.92. The molecule has 1 aromatic heterocycles. The summed E-state index contributed by atoms with van der Waals surface area (Å²) < 4.78 is 16.0. The largest absolute Gasteiger partial charge is 0.492 e. The van der Waals surface area contributed by atoms with Crippen LogP contribution in [0.1, 0.15) is 30.0 Å². The summed E-state index contributed by atoms with van der Waals surface area (Å²) in [5.41, 5.74) is 11.3. The molecule has 1 fully saturated rings. The van der Waals surface area contributed by atoms with E-state index in [1.807, 2.05) is 0 Å². The molecule has 1 aliphatic heterocycles. The summed E-state index contributed by atoms with van der Waals surface area (Å²) >= 11 is 0. The monoisotopic (exact) mass is 374 g/mol. The van der Waals surface area contributed by atoms with E-state index in [0.717, 1.165) is 0 Å². The average Bonchev–Trinajstić information content (AvgIpc) is 2.98. The van der Waals surface area contributed by atoms with E-state index < -0.39 is 36.1 Å². The molecule has 0 aliphatic carbocycles. The molecule has 8 N–H and O–H groups in total. The fourth-order valence-corrected chi connectivity index (χ4v) is 2.57. The molecule has 4 unspecified atom stereocenters. The van der Waals surface area contributed by atoms with Gasteiger partial charge < -0.3 is 46.1 Å². The lowest BCUT2D eigenvalue weighted by molar-refractivity contribution is -0.0244. The summed E-state index contributed by atoms with van der Waals surface area (Å²) in [5.74, 6) is -1.04. The van der Waals surface area contributed by atoms with Crippen LogP contribution in [0.4, 0.5) is 0 Å². The Balaban J connectivity index is 2.00. The minimum absolute atomic E-state index is 0.0335. The first-order chi connectivity index (χ1) is 12.5. The van der Waals surface area contributed by atoms with E-state index >= 15 is 0 Å². The first kappa shape index (κ1) is 20.7. The Morgan fingerprint density at radius 2 is 1.88 bits per heavy atom. The van der Waals surface area contributed by atoms with Gasteiger partial charge in [-0.15, -0.1) is 0 Å². The van der Waals surface area contributed by atoms with E-state index in [9.17, 15) is 15.3 Å². The number of rotatable bonds is 10. The number of aromatic hydroxyl groups is 2. The maximum atomic E-state index is 9.94. The van der Waals surface area contributed by atoms with Crippen molar-refractivity contribution in [3.8, 4) is 11.8 Å². The van der Waals surface area contributed by atoms with Crippen LogP contribution in [0.3, 0.4) is 0 Å². The third-order valence-corrected chi connectivity index (χ3v) is 3.90. The molecule has 1 aliphatic rings. The Hall–Kier alpha value is -1.60. The highest BCUT2D eigenvalue weighted by Gasteiger charge is 2.37. The van der Waals surface area contributed by atoms with E-state index in [4.69, 9.17) is 30.8 Å². The molecule has 11 heteroatoms. The zero-order valence-electron chi connectivity index (χ0n) is 14.3. The van der Waals surface area contributed by atoms with Gasteiger partial charge in [0.15, 0.2) is 0 Å². The molecule has 2 rings (SSSR count). The van der Waals surface area contributed by atoms with Gasteiger partial charge in [-0.05, 0) is 0 Å². The third kappa shape index (κ3) is 5.20. The highest BCUT2D eigenvalue weighted by molar-refractivity contribution is 5.31. The SMILES string of the molecule is NCCOCCOCC(N)c1nc(C2CC(O)C(CO)O2)c(O)nc1O. The molecule has 2 heterocycles. The lowest BCUT2D eigenvalue weighted by Crippen LogP contribution is -2.24. The van der Waals surface area contributed by atoms with Crippen molar-refractivity contribution in [1.82, 2.24) is 9.97 Å². The van der Waals surface area contributed by atoms with Gasteiger partial charge in [-0.3, -0.25) is 0 Å². The Morgan fingerprint density at radius 1 is 1.15 bits per heavy atom. The Kier molecular flexibility index (Phi) is 7.90.